The van der Waals surface area contributed by atoms with Crippen LogP contribution in [0.1, 0.15) is 32.1 Å². The summed E-state index contributed by atoms with van der Waals surface area (Å²) in [5, 5.41) is 14.5. The molecular weight excluding hydrogens is 284 g/mol. The van der Waals surface area contributed by atoms with Crippen molar-refractivity contribution in [3.05, 3.63) is 6.33 Å². The highest BCUT2D eigenvalue weighted by atomic mass is 16.5. The van der Waals surface area contributed by atoms with Gasteiger partial charge in [-0.2, -0.15) is 0 Å². The van der Waals surface area contributed by atoms with Crippen LogP contribution in [0.3, 0.4) is 0 Å². The van der Waals surface area contributed by atoms with Crippen LogP contribution in [0.2, 0.25) is 0 Å². The number of amides is 1. The first-order valence-corrected chi connectivity index (χ1v) is 8.13. The molecule has 1 saturated carbocycles. The van der Waals surface area contributed by atoms with Gasteiger partial charge in [-0.1, -0.05) is 19.3 Å². The van der Waals surface area contributed by atoms with Gasteiger partial charge in [0.2, 0.25) is 5.91 Å². The lowest BCUT2D eigenvalue weighted by atomic mass is 9.81. The van der Waals surface area contributed by atoms with Crippen molar-refractivity contribution >= 4 is 5.91 Å². The number of hydrogen-bond acceptors (Lipinski definition) is 6. The van der Waals surface area contributed by atoms with Crippen molar-refractivity contribution in [3.63, 3.8) is 0 Å². The van der Waals surface area contributed by atoms with Crippen molar-refractivity contribution < 1.29 is 9.53 Å². The molecule has 1 amide bonds. The van der Waals surface area contributed by atoms with Crippen molar-refractivity contribution in [1.82, 2.24) is 30.4 Å². The van der Waals surface area contributed by atoms with Crippen LogP contribution in [-0.2, 0) is 15.1 Å². The number of nitrogens with one attached hydrogen (secondary N) is 1. The van der Waals surface area contributed by atoms with Crippen molar-refractivity contribution in [1.29, 1.82) is 0 Å². The molecule has 1 N–H and O–H groups in total. The molecule has 8 heteroatoms. The predicted molar refractivity (Wildman–Crippen MR) is 79.1 cm³/mol. The maximum Gasteiger partial charge on any atom is 0.248 e. The summed E-state index contributed by atoms with van der Waals surface area (Å²) >= 11 is 0. The molecule has 122 valence electrons. The van der Waals surface area contributed by atoms with Gasteiger partial charge in [0.15, 0.2) is 0 Å². The van der Waals surface area contributed by atoms with Gasteiger partial charge in [-0.25, -0.2) is 4.68 Å². The van der Waals surface area contributed by atoms with Crippen LogP contribution < -0.4 is 5.32 Å². The van der Waals surface area contributed by atoms with Gasteiger partial charge in [0.05, 0.1) is 13.2 Å². The monoisotopic (exact) mass is 308 g/mol. The minimum atomic E-state index is -0.604. The minimum Gasteiger partial charge on any atom is -0.379 e. The van der Waals surface area contributed by atoms with E-state index in [9.17, 15) is 4.79 Å². The van der Waals surface area contributed by atoms with Crippen molar-refractivity contribution in [2.24, 2.45) is 0 Å². The Labute approximate surface area is 130 Å². The molecule has 0 bridgehead atoms. The van der Waals surface area contributed by atoms with Crippen LogP contribution in [0, 0.1) is 0 Å². The fourth-order valence-corrected chi connectivity index (χ4v) is 3.37. The predicted octanol–water partition coefficient (Wildman–Crippen LogP) is -0.219. The van der Waals surface area contributed by atoms with E-state index in [2.05, 4.69) is 25.7 Å². The molecule has 2 heterocycles. The van der Waals surface area contributed by atoms with E-state index in [1.165, 1.54) is 6.42 Å². The van der Waals surface area contributed by atoms with Crippen LogP contribution in [0.25, 0.3) is 0 Å². The second-order valence-electron chi connectivity index (χ2n) is 6.06. The van der Waals surface area contributed by atoms with Gasteiger partial charge in [0.1, 0.15) is 11.9 Å². The number of morpholine rings is 1. The number of aromatic nitrogens is 4. The van der Waals surface area contributed by atoms with Gasteiger partial charge in [0.25, 0.3) is 0 Å². The zero-order chi connectivity index (χ0) is 15.3. The third kappa shape index (κ3) is 3.27. The molecule has 0 aromatic carbocycles. The number of carbonyl (C=O) groups excluding carboxylic acids is 1. The first kappa shape index (κ1) is 15.4. The number of rotatable bonds is 5. The Morgan fingerprint density at radius 1 is 1.23 bits per heavy atom. The van der Waals surface area contributed by atoms with E-state index < -0.39 is 5.54 Å². The Hall–Kier alpha value is -1.54. The smallest absolute Gasteiger partial charge is 0.248 e. The molecule has 0 atom stereocenters. The lowest BCUT2D eigenvalue weighted by Crippen LogP contribution is -2.52. The van der Waals surface area contributed by atoms with Crippen LogP contribution in [-0.4, -0.2) is 70.4 Å². The molecule has 0 spiro atoms. The van der Waals surface area contributed by atoms with Crippen molar-refractivity contribution in [2.75, 3.05) is 39.4 Å². The zero-order valence-corrected chi connectivity index (χ0v) is 12.9. The summed E-state index contributed by atoms with van der Waals surface area (Å²) in [4.78, 5) is 15.1. The Balaban J connectivity index is 1.58. The van der Waals surface area contributed by atoms with Crippen LogP contribution in [0.4, 0.5) is 0 Å². The number of hydrogen-bond donors (Lipinski definition) is 1. The summed E-state index contributed by atoms with van der Waals surface area (Å²) in [6.07, 6.45) is 6.42. The van der Waals surface area contributed by atoms with E-state index in [1.807, 2.05) is 0 Å². The Morgan fingerprint density at radius 2 is 2.00 bits per heavy atom. The van der Waals surface area contributed by atoms with Crippen LogP contribution in [0.5, 0.6) is 0 Å². The summed E-state index contributed by atoms with van der Waals surface area (Å²) in [5.41, 5.74) is -0.604. The maximum absolute atomic E-state index is 12.8. The van der Waals surface area contributed by atoms with Gasteiger partial charge in [-0.3, -0.25) is 9.69 Å². The lowest BCUT2D eigenvalue weighted by Gasteiger charge is -2.35. The van der Waals surface area contributed by atoms with Gasteiger partial charge in [-0.15, -0.1) is 5.10 Å². The standard InChI is InChI=1S/C14H24N6O2/c21-13(15-6-7-19-8-10-22-11-9-19)14(4-2-1-3-5-14)20-12-16-17-18-20/h12H,1-11H2,(H,15,21). The fourth-order valence-electron chi connectivity index (χ4n) is 3.37. The molecule has 1 aromatic rings. The topological polar surface area (TPSA) is 85.2 Å². The second kappa shape index (κ2) is 7.15. The molecule has 1 aromatic heterocycles. The van der Waals surface area contributed by atoms with Gasteiger partial charge in [-0.05, 0) is 23.3 Å². The van der Waals surface area contributed by atoms with Crippen LogP contribution >= 0.6 is 0 Å². The Morgan fingerprint density at radius 3 is 2.68 bits per heavy atom. The SMILES string of the molecule is O=C(NCCN1CCOCC1)C1(n2cnnn2)CCCCC1. The van der Waals surface area contributed by atoms with Gasteiger partial charge in [0, 0.05) is 26.2 Å². The molecule has 3 rings (SSSR count). The quantitative estimate of drug-likeness (QED) is 0.809. The molecule has 22 heavy (non-hydrogen) atoms. The van der Waals surface area contributed by atoms with Crippen molar-refractivity contribution in [3.8, 4) is 0 Å². The molecule has 2 fully saturated rings. The lowest BCUT2D eigenvalue weighted by molar-refractivity contribution is -0.132. The van der Waals surface area contributed by atoms with Gasteiger partial charge >= 0.3 is 0 Å². The minimum absolute atomic E-state index is 0.0489. The third-order valence-corrected chi connectivity index (χ3v) is 4.71. The van der Waals surface area contributed by atoms with E-state index in [0.29, 0.717) is 6.54 Å². The Kier molecular flexibility index (Phi) is 4.99. The number of ether oxygens (including phenoxy) is 1. The molecular formula is C14H24N6O2. The van der Waals surface area contributed by atoms with Crippen molar-refractivity contribution in [2.45, 2.75) is 37.6 Å². The molecule has 1 aliphatic carbocycles. The highest BCUT2D eigenvalue weighted by Crippen LogP contribution is 2.34. The summed E-state index contributed by atoms with van der Waals surface area (Å²) in [5.74, 6) is 0.0489. The maximum atomic E-state index is 12.8. The molecule has 2 aliphatic rings. The molecule has 8 nitrogen and oxygen atoms in total. The third-order valence-electron chi connectivity index (χ3n) is 4.71. The average Bonchev–Trinajstić information content (AvgIpc) is 3.11. The van der Waals surface area contributed by atoms with E-state index >= 15 is 0 Å². The zero-order valence-electron chi connectivity index (χ0n) is 12.9. The largest absolute Gasteiger partial charge is 0.379 e. The van der Waals surface area contributed by atoms with Crippen LogP contribution in [0.15, 0.2) is 6.33 Å². The van der Waals surface area contributed by atoms with Gasteiger partial charge < -0.3 is 10.1 Å². The Bertz CT molecular complexity index is 466. The van der Waals surface area contributed by atoms with E-state index in [1.54, 1.807) is 11.0 Å². The normalized spacial score (nSPS) is 22.4. The molecule has 0 radical (unpaired) electrons. The molecule has 0 unspecified atom stereocenters. The molecule has 1 saturated heterocycles. The number of nitrogens with zero attached hydrogens (tertiary/aromatic N) is 5. The summed E-state index contributed by atoms with van der Waals surface area (Å²) in [7, 11) is 0. The number of tetrazole rings is 1. The first-order chi connectivity index (χ1) is 10.8. The molecule has 1 aliphatic heterocycles. The van der Waals surface area contributed by atoms with E-state index in [4.69, 9.17) is 4.74 Å². The highest BCUT2D eigenvalue weighted by Gasteiger charge is 2.42. The summed E-state index contributed by atoms with van der Waals surface area (Å²) in [6, 6.07) is 0. The van der Waals surface area contributed by atoms with E-state index in [-0.39, 0.29) is 5.91 Å². The second-order valence-corrected chi connectivity index (χ2v) is 6.06. The van der Waals surface area contributed by atoms with E-state index in [0.717, 1.165) is 58.5 Å². The highest BCUT2D eigenvalue weighted by molar-refractivity contribution is 5.84. The summed E-state index contributed by atoms with van der Waals surface area (Å²) in [6.45, 7) is 4.95. The average molecular weight is 308 g/mol. The first-order valence-electron chi connectivity index (χ1n) is 8.13. The fraction of sp³-hybridized carbons (Fsp3) is 0.857. The summed E-state index contributed by atoms with van der Waals surface area (Å²) < 4.78 is 6.98. The number of carbonyl (C=O) groups is 1.